The van der Waals surface area contributed by atoms with E-state index in [1.165, 1.54) is 23.5 Å². The van der Waals surface area contributed by atoms with E-state index in [2.05, 4.69) is 31.0 Å². The van der Waals surface area contributed by atoms with E-state index in [1.54, 1.807) is 11.4 Å². The number of anilines is 2. The van der Waals surface area contributed by atoms with Gasteiger partial charge in [-0.2, -0.15) is 0 Å². The van der Waals surface area contributed by atoms with E-state index in [9.17, 15) is 13.2 Å². The lowest BCUT2D eigenvalue weighted by Gasteiger charge is -2.13. The van der Waals surface area contributed by atoms with Gasteiger partial charge < -0.3 is 10.1 Å². The minimum Gasteiger partial charge on any atom is -0.404 e. The predicted octanol–water partition coefficient (Wildman–Crippen LogP) is 5.20. The number of hydrogen-bond donors (Lipinski definition) is 1. The van der Waals surface area contributed by atoms with Gasteiger partial charge in [0.1, 0.15) is 5.15 Å². The Kier molecular flexibility index (Phi) is 4.22. The molecule has 0 spiro atoms. The summed E-state index contributed by atoms with van der Waals surface area (Å²) < 4.78 is 41.3. The molecule has 0 radical (unpaired) electrons. The molecular formula is C10H5BrClF3N2OS. The summed E-state index contributed by atoms with van der Waals surface area (Å²) in [6.45, 7) is 0. The SMILES string of the molecule is FC(F)(F)Oc1cc(Br)ccc1Nc1nc(Cl)cs1. The molecule has 0 aliphatic heterocycles. The van der Waals surface area contributed by atoms with Gasteiger partial charge >= 0.3 is 6.36 Å². The van der Waals surface area contributed by atoms with Gasteiger partial charge in [0.25, 0.3) is 0 Å². The van der Waals surface area contributed by atoms with Crippen molar-refractivity contribution in [2.45, 2.75) is 6.36 Å². The van der Waals surface area contributed by atoms with Crippen LogP contribution < -0.4 is 10.1 Å². The van der Waals surface area contributed by atoms with E-state index in [1.807, 2.05) is 0 Å². The van der Waals surface area contributed by atoms with Crippen LogP contribution in [0.2, 0.25) is 5.15 Å². The quantitative estimate of drug-likeness (QED) is 0.803. The number of nitrogens with one attached hydrogen (secondary N) is 1. The molecular weight excluding hydrogens is 369 g/mol. The molecule has 3 nitrogen and oxygen atoms in total. The van der Waals surface area contributed by atoms with Crippen molar-refractivity contribution in [3.63, 3.8) is 0 Å². The second-order valence-corrected chi connectivity index (χ2v) is 5.45. The topological polar surface area (TPSA) is 34.1 Å². The monoisotopic (exact) mass is 372 g/mol. The van der Waals surface area contributed by atoms with Crippen molar-refractivity contribution >= 4 is 49.7 Å². The van der Waals surface area contributed by atoms with Crippen molar-refractivity contribution in [1.82, 2.24) is 4.98 Å². The summed E-state index contributed by atoms with van der Waals surface area (Å²) in [6.07, 6.45) is -4.77. The molecule has 0 fully saturated rings. The maximum absolute atomic E-state index is 12.3. The fraction of sp³-hybridized carbons (Fsp3) is 0.100. The molecule has 0 saturated carbocycles. The predicted molar refractivity (Wildman–Crippen MR) is 71.2 cm³/mol. The van der Waals surface area contributed by atoms with Crippen LogP contribution in [0.4, 0.5) is 24.0 Å². The normalized spacial score (nSPS) is 11.4. The number of ether oxygens (including phenoxy) is 1. The standard InChI is InChI=1S/C10H5BrClF3N2OS/c11-5-1-2-6(7(3-5)18-10(13,14)15)16-9-17-8(12)4-19-9/h1-4H,(H,16,17). The smallest absolute Gasteiger partial charge is 0.404 e. The lowest BCUT2D eigenvalue weighted by Crippen LogP contribution is -2.17. The van der Waals surface area contributed by atoms with E-state index < -0.39 is 6.36 Å². The van der Waals surface area contributed by atoms with Gasteiger partial charge in [0.15, 0.2) is 10.9 Å². The summed E-state index contributed by atoms with van der Waals surface area (Å²) in [4.78, 5) is 3.89. The molecule has 0 amide bonds. The fourth-order valence-corrected chi connectivity index (χ4v) is 2.43. The van der Waals surface area contributed by atoms with Crippen LogP contribution in [0.3, 0.4) is 0 Å². The summed E-state index contributed by atoms with van der Waals surface area (Å²) in [6, 6.07) is 4.24. The summed E-state index contributed by atoms with van der Waals surface area (Å²) in [5.74, 6) is -0.354. The average molecular weight is 374 g/mol. The summed E-state index contributed by atoms with van der Waals surface area (Å²) >= 11 is 9.90. The second-order valence-electron chi connectivity index (χ2n) is 3.29. The number of aromatic nitrogens is 1. The molecule has 0 aliphatic carbocycles. The van der Waals surface area contributed by atoms with E-state index in [-0.39, 0.29) is 16.6 Å². The van der Waals surface area contributed by atoms with Crippen LogP contribution in [-0.4, -0.2) is 11.3 Å². The van der Waals surface area contributed by atoms with Gasteiger partial charge in [-0.15, -0.1) is 24.5 Å². The Bertz CT molecular complexity index is 590. The van der Waals surface area contributed by atoms with Crippen LogP contribution >= 0.6 is 38.9 Å². The molecule has 1 N–H and O–H groups in total. The van der Waals surface area contributed by atoms with Crippen LogP contribution in [-0.2, 0) is 0 Å². The number of thiazole rings is 1. The highest BCUT2D eigenvalue weighted by Gasteiger charge is 2.32. The summed E-state index contributed by atoms with van der Waals surface area (Å²) in [7, 11) is 0. The first-order chi connectivity index (χ1) is 8.83. The molecule has 9 heteroatoms. The first-order valence-electron chi connectivity index (χ1n) is 4.77. The van der Waals surface area contributed by atoms with Crippen LogP contribution in [0, 0.1) is 0 Å². The van der Waals surface area contributed by atoms with Crippen molar-refractivity contribution in [3.05, 3.63) is 33.2 Å². The van der Waals surface area contributed by atoms with Gasteiger partial charge in [-0.3, -0.25) is 0 Å². The Morgan fingerprint density at radius 1 is 1.37 bits per heavy atom. The highest BCUT2D eigenvalue weighted by atomic mass is 79.9. The highest BCUT2D eigenvalue weighted by molar-refractivity contribution is 9.10. The number of halogens is 5. The zero-order valence-corrected chi connectivity index (χ0v) is 12.1. The maximum atomic E-state index is 12.3. The lowest BCUT2D eigenvalue weighted by molar-refractivity contribution is -0.274. The maximum Gasteiger partial charge on any atom is 0.573 e. The van der Waals surface area contributed by atoms with Crippen molar-refractivity contribution in [2.75, 3.05) is 5.32 Å². The third-order valence-corrected chi connectivity index (χ3v) is 3.46. The Labute approximate surface area is 123 Å². The molecule has 0 atom stereocenters. The van der Waals surface area contributed by atoms with Gasteiger partial charge in [0, 0.05) is 9.85 Å². The number of alkyl halides is 3. The van der Waals surface area contributed by atoms with Gasteiger partial charge in [-0.05, 0) is 18.2 Å². The van der Waals surface area contributed by atoms with Gasteiger partial charge in [0.05, 0.1) is 5.69 Å². The molecule has 1 aromatic carbocycles. The number of benzene rings is 1. The van der Waals surface area contributed by atoms with Crippen LogP contribution in [0.5, 0.6) is 5.75 Å². The molecule has 102 valence electrons. The van der Waals surface area contributed by atoms with Crippen molar-refractivity contribution < 1.29 is 17.9 Å². The van der Waals surface area contributed by atoms with E-state index >= 15 is 0 Å². The lowest BCUT2D eigenvalue weighted by atomic mass is 10.3. The zero-order chi connectivity index (χ0) is 14.0. The molecule has 0 saturated heterocycles. The number of hydrogen-bond acceptors (Lipinski definition) is 4. The molecule has 1 aromatic heterocycles. The minimum absolute atomic E-state index is 0.145. The number of rotatable bonds is 3. The summed E-state index contributed by atoms with van der Waals surface area (Å²) in [5, 5.41) is 4.92. The van der Waals surface area contributed by atoms with Crippen LogP contribution in [0.1, 0.15) is 0 Å². The van der Waals surface area contributed by atoms with E-state index in [4.69, 9.17) is 11.6 Å². The van der Waals surface area contributed by atoms with Gasteiger partial charge in [-0.1, -0.05) is 27.5 Å². The molecule has 0 unspecified atom stereocenters. The second kappa shape index (κ2) is 5.56. The first kappa shape index (κ1) is 14.4. The average Bonchev–Trinajstić information content (AvgIpc) is 2.66. The third-order valence-electron chi connectivity index (χ3n) is 1.89. The van der Waals surface area contributed by atoms with E-state index in [0.717, 1.165) is 0 Å². The van der Waals surface area contributed by atoms with Crippen molar-refractivity contribution in [3.8, 4) is 5.75 Å². The zero-order valence-electron chi connectivity index (χ0n) is 8.96. The molecule has 2 aromatic rings. The Morgan fingerprint density at radius 2 is 2.11 bits per heavy atom. The highest BCUT2D eigenvalue weighted by Crippen LogP contribution is 2.35. The van der Waals surface area contributed by atoms with Crippen molar-refractivity contribution in [1.29, 1.82) is 0 Å². The summed E-state index contributed by atoms with van der Waals surface area (Å²) in [5.41, 5.74) is 0.145. The van der Waals surface area contributed by atoms with Crippen molar-refractivity contribution in [2.24, 2.45) is 0 Å². The molecule has 1 heterocycles. The van der Waals surface area contributed by atoms with Crippen LogP contribution in [0.15, 0.2) is 28.1 Å². The Hall–Kier alpha value is -0.990. The largest absolute Gasteiger partial charge is 0.573 e. The molecule has 2 rings (SSSR count). The minimum atomic E-state index is -4.77. The van der Waals surface area contributed by atoms with Crippen LogP contribution in [0.25, 0.3) is 0 Å². The fourth-order valence-electron chi connectivity index (χ4n) is 1.24. The van der Waals surface area contributed by atoms with E-state index in [0.29, 0.717) is 9.60 Å². The number of nitrogens with zero attached hydrogens (tertiary/aromatic N) is 1. The molecule has 19 heavy (non-hydrogen) atoms. The Balaban J connectivity index is 2.28. The van der Waals surface area contributed by atoms with Gasteiger partial charge in [0.2, 0.25) is 0 Å². The van der Waals surface area contributed by atoms with Gasteiger partial charge in [-0.25, -0.2) is 4.98 Å². The molecule has 0 bridgehead atoms. The third kappa shape index (κ3) is 4.26. The first-order valence-corrected chi connectivity index (χ1v) is 6.82. The Morgan fingerprint density at radius 3 is 2.68 bits per heavy atom. The molecule has 0 aliphatic rings.